The van der Waals surface area contributed by atoms with Gasteiger partial charge in [-0.25, -0.2) is 15.0 Å². The molecule has 2 aromatic rings. The Labute approximate surface area is 118 Å². The van der Waals surface area contributed by atoms with E-state index in [0.29, 0.717) is 5.92 Å². The van der Waals surface area contributed by atoms with Crippen molar-refractivity contribution < 1.29 is 0 Å². The SMILES string of the molecule is CNc1cc(C)nc([C@@H]2CCN(c3cnccn3)C2)n1. The van der Waals surface area contributed by atoms with Crippen LogP contribution < -0.4 is 10.2 Å². The van der Waals surface area contributed by atoms with Crippen molar-refractivity contribution in [2.24, 2.45) is 0 Å². The van der Waals surface area contributed by atoms with Gasteiger partial charge in [0.05, 0.1) is 6.20 Å². The fourth-order valence-electron chi connectivity index (χ4n) is 2.54. The molecule has 1 atom stereocenters. The third-order valence-corrected chi connectivity index (χ3v) is 3.55. The lowest BCUT2D eigenvalue weighted by molar-refractivity contribution is 0.705. The molecule has 0 spiro atoms. The quantitative estimate of drug-likeness (QED) is 0.914. The van der Waals surface area contributed by atoms with Crippen LogP contribution in [0, 0.1) is 6.92 Å². The van der Waals surface area contributed by atoms with Gasteiger partial charge in [0.15, 0.2) is 0 Å². The predicted octanol–water partition coefficient (Wildman–Crippen LogP) is 1.61. The highest BCUT2D eigenvalue weighted by molar-refractivity contribution is 5.39. The zero-order valence-electron chi connectivity index (χ0n) is 11.7. The lowest BCUT2D eigenvalue weighted by Gasteiger charge is -2.16. The molecule has 0 aromatic carbocycles. The number of aromatic nitrogens is 4. The van der Waals surface area contributed by atoms with Crippen LogP contribution in [0.15, 0.2) is 24.7 Å². The van der Waals surface area contributed by atoms with Crippen LogP contribution >= 0.6 is 0 Å². The van der Waals surface area contributed by atoms with E-state index in [2.05, 4.69) is 30.2 Å². The smallest absolute Gasteiger partial charge is 0.147 e. The van der Waals surface area contributed by atoms with Crippen LogP contribution in [0.5, 0.6) is 0 Å². The number of rotatable bonds is 3. The van der Waals surface area contributed by atoms with Crippen molar-refractivity contribution in [3.05, 3.63) is 36.2 Å². The Balaban J connectivity index is 1.79. The molecule has 1 fully saturated rings. The largest absolute Gasteiger partial charge is 0.373 e. The highest BCUT2D eigenvalue weighted by Gasteiger charge is 2.27. The van der Waals surface area contributed by atoms with Crippen molar-refractivity contribution in [2.45, 2.75) is 19.3 Å². The number of hydrogen-bond donors (Lipinski definition) is 1. The van der Waals surface area contributed by atoms with E-state index in [1.165, 1.54) is 0 Å². The highest BCUT2D eigenvalue weighted by Crippen LogP contribution is 2.28. The van der Waals surface area contributed by atoms with Crippen molar-refractivity contribution >= 4 is 11.6 Å². The first-order valence-corrected chi connectivity index (χ1v) is 6.80. The second-order valence-corrected chi connectivity index (χ2v) is 5.00. The molecule has 1 aliphatic heterocycles. The summed E-state index contributed by atoms with van der Waals surface area (Å²) >= 11 is 0. The van der Waals surface area contributed by atoms with Crippen molar-refractivity contribution in [3.63, 3.8) is 0 Å². The summed E-state index contributed by atoms with van der Waals surface area (Å²) in [6, 6.07) is 1.96. The minimum Gasteiger partial charge on any atom is -0.373 e. The lowest BCUT2D eigenvalue weighted by Crippen LogP contribution is -2.21. The van der Waals surface area contributed by atoms with E-state index in [9.17, 15) is 0 Å². The molecule has 1 aliphatic rings. The fraction of sp³-hybridized carbons (Fsp3) is 0.429. The minimum atomic E-state index is 0.351. The maximum Gasteiger partial charge on any atom is 0.147 e. The number of aryl methyl sites for hydroxylation is 1. The molecular formula is C14H18N6. The van der Waals surface area contributed by atoms with E-state index in [4.69, 9.17) is 0 Å². The Kier molecular flexibility index (Phi) is 3.45. The molecule has 104 valence electrons. The molecule has 6 heteroatoms. The molecule has 0 aliphatic carbocycles. The molecule has 0 unspecified atom stereocenters. The molecule has 3 heterocycles. The lowest BCUT2D eigenvalue weighted by atomic mass is 10.1. The molecule has 1 saturated heterocycles. The monoisotopic (exact) mass is 270 g/mol. The minimum absolute atomic E-state index is 0.351. The maximum atomic E-state index is 4.58. The number of anilines is 2. The first-order chi connectivity index (χ1) is 9.76. The summed E-state index contributed by atoms with van der Waals surface area (Å²) in [6.07, 6.45) is 6.27. The van der Waals surface area contributed by atoms with E-state index in [1.807, 2.05) is 20.0 Å². The van der Waals surface area contributed by atoms with E-state index in [-0.39, 0.29) is 0 Å². The van der Waals surface area contributed by atoms with Crippen molar-refractivity contribution in [3.8, 4) is 0 Å². The standard InChI is InChI=1S/C14H18N6/c1-10-7-12(15-2)19-14(18-10)11-3-6-20(9-11)13-8-16-4-5-17-13/h4-5,7-8,11H,3,6,9H2,1-2H3,(H,15,18,19)/t11-/m1/s1. The number of nitrogens with one attached hydrogen (secondary N) is 1. The third-order valence-electron chi connectivity index (χ3n) is 3.55. The van der Waals surface area contributed by atoms with Gasteiger partial charge in [-0.15, -0.1) is 0 Å². The number of nitrogens with zero attached hydrogens (tertiary/aromatic N) is 5. The molecule has 0 saturated carbocycles. The van der Waals surface area contributed by atoms with Crippen molar-refractivity contribution in [1.82, 2.24) is 19.9 Å². The molecule has 1 N–H and O–H groups in total. The van der Waals surface area contributed by atoms with Crippen LogP contribution in [0.1, 0.15) is 23.9 Å². The third kappa shape index (κ3) is 2.54. The first kappa shape index (κ1) is 12.8. The maximum absolute atomic E-state index is 4.58. The fourth-order valence-corrected chi connectivity index (χ4v) is 2.54. The topological polar surface area (TPSA) is 66.8 Å². The van der Waals surface area contributed by atoms with E-state index >= 15 is 0 Å². The Bertz CT molecular complexity index is 585. The highest BCUT2D eigenvalue weighted by atomic mass is 15.2. The summed E-state index contributed by atoms with van der Waals surface area (Å²) in [7, 11) is 1.88. The van der Waals surface area contributed by atoms with Crippen LogP contribution in [0.25, 0.3) is 0 Å². The van der Waals surface area contributed by atoms with Gasteiger partial charge < -0.3 is 10.2 Å². The summed E-state index contributed by atoms with van der Waals surface area (Å²) in [5.41, 5.74) is 0.998. The van der Waals surface area contributed by atoms with Crippen molar-refractivity contribution in [1.29, 1.82) is 0 Å². The molecule has 0 amide bonds. The Hall–Kier alpha value is -2.24. The summed E-state index contributed by atoms with van der Waals surface area (Å²) in [5.74, 6) is 3.08. The molecule has 0 bridgehead atoms. The second-order valence-electron chi connectivity index (χ2n) is 5.00. The van der Waals surface area contributed by atoms with Gasteiger partial charge in [-0.1, -0.05) is 0 Å². The Morgan fingerprint density at radius 2 is 2.20 bits per heavy atom. The van der Waals surface area contributed by atoms with Gasteiger partial charge in [-0.05, 0) is 13.3 Å². The summed E-state index contributed by atoms with van der Waals surface area (Å²) in [5, 5.41) is 3.09. The molecule has 3 rings (SSSR count). The van der Waals surface area contributed by atoms with Gasteiger partial charge >= 0.3 is 0 Å². The second kappa shape index (κ2) is 5.40. The van der Waals surface area contributed by atoms with Gasteiger partial charge in [-0.3, -0.25) is 4.98 Å². The average molecular weight is 270 g/mol. The van der Waals surface area contributed by atoms with Crippen LogP contribution in [-0.4, -0.2) is 40.1 Å². The molecule has 20 heavy (non-hydrogen) atoms. The van der Waals surface area contributed by atoms with Crippen LogP contribution in [0.2, 0.25) is 0 Å². The van der Waals surface area contributed by atoms with Gasteiger partial charge in [0.1, 0.15) is 17.5 Å². The van der Waals surface area contributed by atoms with Gasteiger partial charge in [-0.2, -0.15) is 0 Å². The van der Waals surface area contributed by atoms with E-state index in [0.717, 1.165) is 42.7 Å². The van der Waals surface area contributed by atoms with Crippen molar-refractivity contribution in [2.75, 3.05) is 30.4 Å². The van der Waals surface area contributed by atoms with E-state index in [1.54, 1.807) is 18.6 Å². The molecule has 0 radical (unpaired) electrons. The summed E-state index contributed by atoms with van der Waals surface area (Å²) in [4.78, 5) is 19.9. The zero-order valence-corrected chi connectivity index (χ0v) is 11.7. The van der Waals surface area contributed by atoms with Gasteiger partial charge in [0.2, 0.25) is 0 Å². The Morgan fingerprint density at radius 3 is 2.95 bits per heavy atom. The predicted molar refractivity (Wildman–Crippen MR) is 77.9 cm³/mol. The first-order valence-electron chi connectivity index (χ1n) is 6.80. The summed E-state index contributed by atoms with van der Waals surface area (Å²) in [6.45, 7) is 3.86. The average Bonchev–Trinajstić information content (AvgIpc) is 2.97. The molecule has 6 nitrogen and oxygen atoms in total. The van der Waals surface area contributed by atoms with Crippen LogP contribution in [-0.2, 0) is 0 Å². The van der Waals surface area contributed by atoms with Crippen LogP contribution in [0.3, 0.4) is 0 Å². The molecule has 2 aromatic heterocycles. The molecular weight excluding hydrogens is 252 g/mol. The van der Waals surface area contributed by atoms with Gasteiger partial charge in [0.25, 0.3) is 0 Å². The van der Waals surface area contributed by atoms with Crippen LogP contribution in [0.4, 0.5) is 11.6 Å². The zero-order chi connectivity index (χ0) is 13.9. The Morgan fingerprint density at radius 1 is 1.30 bits per heavy atom. The number of hydrogen-bond acceptors (Lipinski definition) is 6. The van der Waals surface area contributed by atoms with E-state index < -0.39 is 0 Å². The normalized spacial score (nSPS) is 18.3. The van der Waals surface area contributed by atoms with Gasteiger partial charge in [0, 0.05) is 50.2 Å². The summed E-state index contributed by atoms with van der Waals surface area (Å²) < 4.78 is 0.